The van der Waals surface area contributed by atoms with E-state index in [9.17, 15) is 9.59 Å². The first-order valence-corrected chi connectivity index (χ1v) is 11.6. The van der Waals surface area contributed by atoms with E-state index in [1.807, 2.05) is 38.1 Å². The van der Waals surface area contributed by atoms with Gasteiger partial charge in [0.05, 0.1) is 6.04 Å². The number of nitrogens with zero attached hydrogens (tertiary/aromatic N) is 3. The number of carbonyl (C=O) groups excluding carboxylic acids is 2. The van der Waals surface area contributed by atoms with Gasteiger partial charge in [0.15, 0.2) is 0 Å². The lowest BCUT2D eigenvalue weighted by molar-refractivity contribution is -0.139. The second-order valence-electron chi connectivity index (χ2n) is 8.14. The Balaban J connectivity index is 1.61. The second kappa shape index (κ2) is 11.3. The molecule has 0 saturated carbocycles. The Morgan fingerprint density at radius 2 is 1.74 bits per heavy atom. The summed E-state index contributed by atoms with van der Waals surface area (Å²) in [4.78, 5) is 32.6. The number of carbonyl (C=O) groups is 2. The van der Waals surface area contributed by atoms with Crippen molar-refractivity contribution in [1.29, 1.82) is 0 Å². The summed E-state index contributed by atoms with van der Waals surface area (Å²) in [5, 5.41) is 7.68. The van der Waals surface area contributed by atoms with Gasteiger partial charge < -0.3 is 20.4 Å². The molecular weight excluding hydrogens is 410 g/mol. The van der Waals surface area contributed by atoms with Crippen molar-refractivity contribution >= 4 is 28.8 Å². The van der Waals surface area contributed by atoms with Crippen molar-refractivity contribution in [3.8, 4) is 0 Å². The summed E-state index contributed by atoms with van der Waals surface area (Å²) >= 11 is 1.69. The average Bonchev–Trinajstić information content (AvgIpc) is 3.29. The summed E-state index contributed by atoms with van der Waals surface area (Å²) in [6, 6.07) is 14.5. The maximum atomic E-state index is 12.5. The van der Waals surface area contributed by atoms with Crippen LogP contribution in [0.3, 0.4) is 0 Å². The molecule has 0 aliphatic carbocycles. The molecule has 2 aromatic rings. The van der Waals surface area contributed by atoms with E-state index in [-0.39, 0.29) is 12.1 Å². The highest BCUT2D eigenvalue weighted by Gasteiger charge is 2.31. The molecule has 3 rings (SSSR count). The molecule has 0 bridgehead atoms. The van der Waals surface area contributed by atoms with Crippen LogP contribution >= 0.6 is 11.3 Å². The predicted octanol–water partition coefficient (Wildman–Crippen LogP) is 1.79. The third-order valence-electron chi connectivity index (χ3n) is 5.55. The lowest BCUT2D eigenvalue weighted by atomic mass is 10.0. The van der Waals surface area contributed by atoms with Crippen molar-refractivity contribution in [2.24, 2.45) is 0 Å². The normalized spacial score (nSPS) is 16.7. The van der Waals surface area contributed by atoms with Gasteiger partial charge >= 0.3 is 11.8 Å². The van der Waals surface area contributed by atoms with Crippen LogP contribution in [-0.2, 0) is 9.59 Å². The van der Waals surface area contributed by atoms with Gasteiger partial charge in [-0.3, -0.25) is 14.5 Å². The van der Waals surface area contributed by atoms with Crippen LogP contribution in [0.4, 0.5) is 5.69 Å². The minimum atomic E-state index is -0.576. The number of amides is 2. The molecule has 2 atom stereocenters. The first-order chi connectivity index (χ1) is 15.0. The lowest BCUT2D eigenvalue weighted by Crippen LogP contribution is -2.54. The van der Waals surface area contributed by atoms with Crippen LogP contribution in [0.2, 0.25) is 0 Å². The highest BCUT2D eigenvalue weighted by Crippen LogP contribution is 2.30. The largest absolute Gasteiger partial charge is 0.369 e. The predicted molar refractivity (Wildman–Crippen MR) is 126 cm³/mol. The molecule has 1 aliphatic rings. The van der Waals surface area contributed by atoms with E-state index in [2.05, 4.69) is 56.1 Å². The van der Waals surface area contributed by atoms with Crippen molar-refractivity contribution in [2.45, 2.75) is 19.0 Å². The van der Waals surface area contributed by atoms with Crippen molar-refractivity contribution in [1.82, 2.24) is 20.4 Å². The van der Waals surface area contributed by atoms with E-state index in [0.717, 1.165) is 26.2 Å². The molecule has 0 spiro atoms. The molecule has 2 heterocycles. The number of benzene rings is 1. The van der Waals surface area contributed by atoms with Crippen LogP contribution in [0.5, 0.6) is 0 Å². The minimum absolute atomic E-state index is 0.0384. The van der Waals surface area contributed by atoms with Gasteiger partial charge in [-0.25, -0.2) is 0 Å². The van der Waals surface area contributed by atoms with Crippen LogP contribution in [0.15, 0.2) is 47.8 Å². The number of hydrogen-bond acceptors (Lipinski definition) is 6. The Bertz CT molecular complexity index is 820. The van der Waals surface area contributed by atoms with Crippen LogP contribution in [0.25, 0.3) is 0 Å². The van der Waals surface area contributed by atoms with Gasteiger partial charge in [0, 0.05) is 55.9 Å². The Morgan fingerprint density at radius 1 is 1.03 bits per heavy atom. The fourth-order valence-electron chi connectivity index (χ4n) is 3.92. The molecule has 1 fully saturated rings. The zero-order valence-electron chi connectivity index (χ0n) is 18.6. The number of anilines is 1. The maximum Gasteiger partial charge on any atom is 0.309 e. The fourth-order valence-corrected chi connectivity index (χ4v) is 4.89. The Kier molecular flexibility index (Phi) is 8.45. The zero-order valence-corrected chi connectivity index (χ0v) is 19.4. The van der Waals surface area contributed by atoms with E-state index in [1.54, 1.807) is 11.3 Å². The Morgan fingerprint density at radius 3 is 2.35 bits per heavy atom. The highest BCUT2D eigenvalue weighted by molar-refractivity contribution is 7.10. The summed E-state index contributed by atoms with van der Waals surface area (Å²) in [7, 11) is 3.86. The van der Waals surface area contributed by atoms with Gasteiger partial charge in [-0.1, -0.05) is 24.3 Å². The SMILES string of the molecule is C[C@@H](NC(=O)C(=O)NCCN(C)C)[C@H](c1cccs1)N1CCN(c2ccccc2)CC1. The number of thiophene rings is 1. The second-order valence-corrected chi connectivity index (χ2v) is 9.12. The number of para-hydroxylation sites is 1. The molecule has 2 N–H and O–H groups in total. The zero-order chi connectivity index (χ0) is 22.2. The van der Waals surface area contributed by atoms with Crippen LogP contribution in [0, 0.1) is 0 Å². The summed E-state index contributed by atoms with van der Waals surface area (Å²) < 4.78 is 0. The van der Waals surface area contributed by atoms with Gasteiger partial charge in [-0.15, -0.1) is 11.3 Å². The highest BCUT2D eigenvalue weighted by atomic mass is 32.1. The first-order valence-electron chi connectivity index (χ1n) is 10.8. The molecule has 168 valence electrons. The van der Waals surface area contributed by atoms with Gasteiger partial charge in [0.25, 0.3) is 0 Å². The van der Waals surface area contributed by atoms with E-state index in [1.165, 1.54) is 10.6 Å². The third-order valence-corrected chi connectivity index (χ3v) is 6.49. The summed E-state index contributed by atoms with van der Waals surface area (Å²) in [5.74, 6) is -1.15. The molecule has 0 radical (unpaired) electrons. The smallest absolute Gasteiger partial charge is 0.309 e. The fraction of sp³-hybridized carbons (Fsp3) is 0.478. The molecule has 1 aromatic heterocycles. The molecule has 31 heavy (non-hydrogen) atoms. The van der Waals surface area contributed by atoms with Crippen molar-refractivity contribution < 1.29 is 9.59 Å². The lowest BCUT2D eigenvalue weighted by Gasteiger charge is -2.42. The van der Waals surface area contributed by atoms with Crippen molar-refractivity contribution in [3.05, 3.63) is 52.7 Å². The first kappa shape index (κ1) is 23.2. The monoisotopic (exact) mass is 443 g/mol. The average molecular weight is 444 g/mol. The van der Waals surface area contributed by atoms with Crippen LogP contribution < -0.4 is 15.5 Å². The van der Waals surface area contributed by atoms with Crippen LogP contribution in [-0.4, -0.2) is 81.0 Å². The summed E-state index contributed by atoms with van der Waals surface area (Å²) in [5.41, 5.74) is 1.24. The van der Waals surface area contributed by atoms with E-state index >= 15 is 0 Å². The van der Waals surface area contributed by atoms with Gasteiger partial charge in [-0.05, 0) is 44.6 Å². The molecular formula is C23H33N5O2S. The molecule has 0 unspecified atom stereocenters. The van der Waals surface area contributed by atoms with Crippen molar-refractivity contribution in [3.63, 3.8) is 0 Å². The topological polar surface area (TPSA) is 67.9 Å². The third kappa shape index (κ3) is 6.53. The summed E-state index contributed by atoms with van der Waals surface area (Å²) in [6.45, 7) is 6.77. The number of rotatable bonds is 8. The Hall–Kier alpha value is -2.42. The van der Waals surface area contributed by atoms with Crippen molar-refractivity contribution in [2.75, 3.05) is 58.3 Å². The molecule has 2 amide bonds. The van der Waals surface area contributed by atoms with Crippen LogP contribution in [0.1, 0.15) is 17.8 Å². The minimum Gasteiger partial charge on any atom is -0.369 e. The number of likely N-dealkylation sites (N-methyl/N-ethyl adjacent to an activating group) is 1. The van der Waals surface area contributed by atoms with Gasteiger partial charge in [0.2, 0.25) is 0 Å². The number of piperazine rings is 1. The van der Waals surface area contributed by atoms with E-state index < -0.39 is 11.8 Å². The Labute approximate surface area is 189 Å². The molecule has 1 aliphatic heterocycles. The van der Waals surface area contributed by atoms with Gasteiger partial charge in [-0.2, -0.15) is 0 Å². The quantitative estimate of drug-likeness (QED) is 0.609. The molecule has 1 aromatic carbocycles. The van der Waals surface area contributed by atoms with E-state index in [0.29, 0.717) is 13.1 Å². The molecule has 7 nitrogen and oxygen atoms in total. The maximum absolute atomic E-state index is 12.5. The number of nitrogens with one attached hydrogen (secondary N) is 2. The molecule has 8 heteroatoms. The summed E-state index contributed by atoms with van der Waals surface area (Å²) in [6.07, 6.45) is 0. The van der Waals surface area contributed by atoms with E-state index in [4.69, 9.17) is 0 Å². The van der Waals surface area contributed by atoms with Gasteiger partial charge in [0.1, 0.15) is 0 Å². The number of hydrogen-bond donors (Lipinski definition) is 2. The molecule has 1 saturated heterocycles. The standard InChI is InChI=1S/C23H33N5O2S/c1-18(25-23(30)22(29)24-11-12-26(2)3)21(20-10-7-17-31-20)28-15-13-27(14-16-28)19-8-5-4-6-9-19/h4-10,17-18,21H,11-16H2,1-3H3,(H,24,29)(H,25,30)/t18-,21-/m1/s1.